The number of phenolic OH excluding ortho intramolecular Hbond substituents is 1. The number of amides is 2. The first-order chi connectivity index (χ1) is 9.70. The van der Waals surface area contributed by atoms with E-state index in [1.807, 2.05) is 0 Å². The molecule has 1 atom stereocenters. The van der Waals surface area contributed by atoms with E-state index in [0.717, 1.165) is 0 Å². The maximum absolute atomic E-state index is 13.5. The molecule has 2 amide bonds. The second-order valence-electron chi connectivity index (χ2n) is 5.08. The lowest BCUT2D eigenvalue weighted by Crippen LogP contribution is -2.39. The molecule has 0 radical (unpaired) electrons. The Bertz CT molecular complexity index is 524. The van der Waals surface area contributed by atoms with Crippen LogP contribution in [0.25, 0.3) is 0 Å². The molecule has 1 aromatic carbocycles. The molecule has 0 unspecified atom stereocenters. The summed E-state index contributed by atoms with van der Waals surface area (Å²) < 4.78 is 26.3. The summed E-state index contributed by atoms with van der Waals surface area (Å²) in [6, 6.07) is 0.554. The molecule has 0 aliphatic carbocycles. The van der Waals surface area contributed by atoms with Gasteiger partial charge in [-0.15, -0.1) is 0 Å². The van der Waals surface area contributed by atoms with Gasteiger partial charge in [-0.25, -0.2) is 8.78 Å². The molecular weight excluding hydrogens is 282 g/mol. The first-order valence-electron chi connectivity index (χ1n) is 6.49. The first kappa shape index (κ1) is 16.9. The highest BCUT2D eigenvalue weighted by Crippen LogP contribution is 2.22. The smallest absolute Gasteiger partial charge is 0.258 e. The normalized spacial score (nSPS) is 12.1. The van der Waals surface area contributed by atoms with Gasteiger partial charge in [-0.05, 0) is 20.8 Å². The third-order valence-corrected chi connectivity index (χ3v) is 2.58. The van der Waals surface area contributed by atoms with E-state index in [0.29, 0.717) is 12.1 Å². The van der Waals surface area contributed by atoms with Gasteiger partial charge in [-0.1, -0.05) is 0 Å². The zero-order chi connectivity index (χ0) is 16.2. The Morgan fingerprint density at radius 1 is 1.19 bits per heavy atom. The van der Waals surface area contributed by atoms with Crippen LogP contribution in [-0.4, -0.2) is 29.0 Å². The van der Waals surface area contributed by atoms with Crippen molar-refractivity contribution in [2.75, 3.05) is 0 Å². The van der Waals surface area contributed by atoms with Gasteiger partial charge >= 0.3 is 0 Å². The van der Waals surface area contributed by atoms with Gasteiger partial charge in [0, 0.05) is 30.6 Å². The second-order valence-corrected chi connectivity index (χ2v) is 5.08. The number of aromatic hydroxyl groups is 1. The highest BCUT2D eigenvalue weighted by Gasteiger charge is 2.21. The van der Waals surface area contributed by atoms with Crippen LogP contribution in [-0.2, 0) is 4.79 Å². The fourth-order valence-electron chi connectivity index (χ4n) is 1.79. The first-order valence-corrected chi connectivity index (χ1v) is 6.49. The standard InChI is InChI=1S/C14H18F2N2O3/c1-7(2)17-12(20)4-8(3)18-14(21)13-10(16)5-9(15)6-11(13)19/h5-8,19H,4H2,1-3H3,(H,17,20)(H,18,21)/t8-/m0/s1. The molecule has 1 aromatic rings. The maximum Gasteiger partial charge on any atom is 0.258 e. The number of rotatable bonds is 5. The van der Waals surface area contributed by atoms with Crippen molar-refractivity contribution in [1.82, 2.24) is 10.6 Å². The van der Waals surface area contributed by atoms with Gasteiger partial charge in [0.1, 0.15) is 22.9 Å². The number of phenols is 1. The van der Waals surface area contributed by atoms with Gasteiger partial charge in [0.2, 0.25) is 5.91 Å². The summed E-state index contributed by atoms with van der Waals surface area (Å²) in [6.45, 7) is 5.16. The molecule has 7 heteroatoms. The summed E-state index contributed by atoms with van der Waals surface area (Å²) in [7, 11) is 0. The molecule has 1 rings (SSSR count). The molecule has 3 N–H and O–H groups in total. The molecule has 5 nitrogen and oxygen atoms in total. The summed E-state index contributed by atoms with van der Waals surface area (Å²) in [5, 5.41) is 14.5. The van der Waals surface area contributed by atoms with E-state index in [-0.39, 0.29) is 18.4 Å². The summed E-state index contributed by atoms with van der Waals surface area (Å²) in [5.74, 6) is -4.10. The van der Waals surface area contributed by atoms with Gasteiger partial charge in [0.15, 0.2) is 0 Å². The van der Waals surface area contributed by atoms with Crippen LogP contribution < -0.4 is 10.6 Å². The lowest BCUT2D eigenvalue weighted by Gasteiger charge is -2.16. The molecule has 0 spiro atoms. The highest BCUT2D eigenvalue weighted by atomic mass is 19.1. The molecule has 0 aliphatic heterocycles. The number of carbonyl (C=O) groups excluding carboxylic acids is 2. The number of benzene rings is 1. The van der Waals surface area contributed by atoms with Gasteiger partial charge in [0.25, 0.3) is 5.91 Å². The fraction of sp³-hybridized carbons (Fsp3) is 0.429. The number of halogens is 2. The predicted molar refractivity (Wildman–Crippen MR) is 72.8 cm³/mol. The van der Waals surface area contributed by atoms with Crippen LogP contribution >= 0.6 is 0 Å². The predicted octanol–water partition coefficient (Wildman–Crippen LogP) is 1.70. The van der Waals surface area contributed by atoms with Gasteiger partial charge in [-0.2, -0.15) is 0 Å². The van der Waals surface area contributed by atoms with Crippen molar-refractivity contribution < 1.29 is 23.5 Å². The number of hydrogen-bond donors (Lipinski definition) is 3. The van der Waals surface area contributed by atoms with Crippen LogP contribution in [0.2, 0.25) is 0 Å². The van der Waals surface area contributed by atoms with E-state index in [1.54, 1.807) is 20.8 Å². The third-order valence-electron chi connectivity index (χ3n) is 2.58. The Hall–Kier alpha value is -2.18. The second kappa shape index (κ2) is 7.01. The topological polar surface area (TPSA) is 78.4 Å². The molecule has 0 saturated heterocycles. The minimum Gasteiger partial charge on any atom is -0.507 e. The molecule has 116 valence electrons. The highest BCUT2D eigenvalue weighted by molar-refractivity contribution is 5.97. The molecule has 0 aliphatic rings. The average Bonchev–Trinajstić information content (AvgIpc) is 2.24. The van der Waals surface area contributed by atoms with E-state index in [2.05, 4.69) is 10.6 Å². The van der Waals surface area contributed by atoms with E-state index < -0.39 is 34.9 Å². The van der Waals surface area contributed by atoms with Crippen LogP contribution in [0.4, 0.5) is 8.78 Å². The lowest BCUT2D eigenvalue weighted by atomic mass is 10.1. The fourth-order valence-corrected chi connectivity index (χ4v) is 1.79. The van der Waals surface area contributed by atoms with E-state index in [1.165, 1.54) is 0 Å². The molecule has 0 saturated carbocycles. The van der Waals surface area contributed by atoms with Gasteiger partial charge in [-0.3, -0.25) is 9.59 Å². The Morgan fingerprint density at radius 3 is 2.33 bits per heavy atom. The van der Waals surface area contributed by atoms with Crippen molar-refractivity contribution >= 4 is 11.8 Å². The van der Waals surface area contributed by atoms with Gasteiger partial charge in [0.05, 0.1) is 0 Å². The SMILES string of the molecule is CC(C)NC(=O)C[C@H](C)NC(=O)c1c(O)cc(F)cc1F. The van der Waals surface area contributed by atoms with Crippen LogP contribution in [0, 0.1) is 11.6 Å². The van der Waals surface area contributed by atoms with Crippen LogP contribution in [0.15, 0.2) is 12.1 Å². The van der Waals surface area contributed by atoms with Crippen molar-refractivity contribution in [2.45, 2.75) is 39.3 Å². The Labute approximate surface area is 121 Å². The van der Waals surface area contributed by atoms with Crippen molar-refractivity contribution in [3.05, 3.63) is 29.3 Å². The van der Waals surface area contributed by atoms with Crippen molar-refractivity contribution in [3.8, 4) is 5.75 Å². The quantitative estimate of drug-likeness (QED) is 0.774. The Kier molecular flexibility index (Phi) is 5.63. The summed E-state index contributed by atoms with van der Waals surface area (Å²) in [5.41, 5.74) is -0.646. The average molecular weight is 300 g/mol. The van der Waals surface area contributed by atoms with E-state index in [9.17, 15) is 23.5 Å². The van der Waals surface area contributed by atoms with Gasteiger partial charge < -0.3 is 15.7 Å². The largest absolute Gasteiger partial charge is 0.507 e. The minimum atomic E-state index is -1.16. The van der Waals surface area contributed by atoms with Crippen molar-refractivity contribution in [2.24, 2.45) is 0 Å². The molecule has 0 fully saturated rings. The monoisotopic (exact) mass is 300 g/mol. The van der Waals surface area contributed by atoms with Crippen molar-refractivity contribution in [1.29, 1.82) is 0 Å². The van der Waals surface area contributed by atoms with Crippen LogP contribution in [0.3, 0.4) is 0 Å². The molecular formula is C14H18F2N2O3. The summed E-state index contributed by atoms with van der Waals surface area (Å²) in [4.78, 5) is 23.4. The zero-order valence-corrected chi connectivity index (χ0v) is 12.0. The number of hydrogen-bond acceptors (Lipinski definition) is 3. The third kappa shape index (κ3) is 5.02. The lowest BCUT2D eigenvalue weighted by molar-refractivity contribution is -0.121. The maximum atomic E-state index is 13.5. The zero-order valence-electron chi connectivity index (χ0n) is 12.0. The van der Waals surface area contributed by atoms with E-state index in [4.69, 9.17) is 0 Å². The molecule has 0 heterocycles. The Morgan fingerprint density at radius 2 is 1.81 bits per heavy atom. The minimum absolute atomic E-state index is 0.00744. The van der Waals surface area contributed by atoms with E-state index >= 15 is 0 Å². The van der Waals surface area contributed by atoms with Crippen molar-refractivity contribution in [3.63, 3.8) is 0 Å². The summed E-state index contributed by atoms with van der Waals surface area (Å²) >= 11 is 0. The van der Waals surface area contributed by atoms with Crippen LogP contribution in [0.5, 0.6) is 5.75 Å². The molecule has 21 heavy (non-hydrogen) atoms. The Balaban J connectivity index is 2.71. The molecule has 0 bridgehead atoms. The number of carbonyl (C=O) groups is 2. The molecule has 0 aromatic heterocycles. The van der Waals surface area contributed by atoms with Crippen LogP contribution in [0.1, 0.15) is 37.6 Å². The number of nitrogens with one attached hydrogen (secondary N) is 2. The summed E-state index contributed by atoms with van der Waals surface area (Å²) in [6.07, 6.45) is 0.00744.